The zero-order valence-corrected chi connectivity index (χ0v) is 10.7. The maximum Gasteiger partial charge on any atom is 0.255 e. The Labute approximate surface area is 114 Å². The first kappa shape index (κ1) is 11.1. The van der Waals surface area contributed by atoms with E-state index in [1.807, 2.05) is 42.5 Å². The van der Waals surface area contributed by atoms with Crippen LogP contribution in [0.2, 0.25) is 0 Å². The molecular formula is C17H12N2O. The summed E-state index contributed by atoms with van der Waals surface area (Å²) in [6, 6.07) is 17.9. The molecule has 0 atom stereocenters. The summed E-state index contributed by atoms with van der Waals surface area (Å²) in [4.78, 5) is 18.2. The van der Waals surface area contributed by atoms with Crippen LogP contribution in [0, 0.1) is 0 Å². The van der Waals surface area contributed by atoms with Gasteiger partial charge in [-0.15, -0.1) is 0 Å². The Balaban J connectivity index is 2.16. The van der Waals surface area contributed by atoms with Crippen LogP contribution in [0.25, 0.3) is 32.9 Å². The third-order valence-corrected chi connectivity index (χ3v) is 3.65. The molecule has 0 amide bonds. The van der Waals surface area contributed by atoms with Crippen LogP contribution in [0.4, 0.5) is 0 Å². The normalized spacial score (nSPS) is 11.2. The molecule has 0 saturated carbocycles. The van der Waals surface area contributed by atoms with Crippen molar-refractivity contribution in [2.24, 2.45) is 0 Å². The number of pyridine rings is 1. The zero-order chi connectivity index (χ0) is 13.5. The highest BCUT2D eigenvalue weighted by atomic mass is 16.1. The van der Waals surface area contributed by atoms with Crippen LogP contribution in [-0.2, 0) is 0 Å². The van der Waals surface area contributed by atoms with Gasteiger partial charge in [0.1, 0.15) is 0 Å². The van der Waals surface area contributed by atoms with E-state index in [9.17, 15) is 4.79 Å². The van der Waals surface area contributed by atoms with E-state index in [0.29, 0.717) is 5.56 Å². The average molecular weight is 260 g/mol. The third-order valence-electron chi connectivity index (χ3n) is 3.65. The lowest BCUT2D eigenvalue weighted by Crippen LogP contribution is -2.07. The van der Waals surface area contributed by atoms with Crippen molar-refractivity contribution in [3.05, 3.63) is 71.1 Å². The van der Waals surface area contributed by atoms with Gasteiger partial charge >= 0.3 is 0 Å². The second kappa shape index (κ2) is 4.10. The van der Waals surface area contributed by atoms with Crippen molar-refractivity contribution in [2.45, 2.75) is 0 Å². The van der Waals surface area contributed by atoms with Crippen LogP contribution in [0.3, 0.4) is 0 Å². The second-order valence-corrected chi connectivity index (χ2v) is 4.81. The lowest BCUT2D eigenvalue weighted by molar-refractivity contribution is 1.24. The standard InChI is InChI=1S/C17H12N2O/c20-17-14(8-4-10-18-17)13-7-3-6-12-11-5-1-2-9-15(11)19-16(12)13/h1-10,19H,(H,18,20). The first-order chi connectivity index (χ1) is 9.84. The monoisotopic (exact) mass is 260 g/mol. The smallest absolute Gasteiger partial charge is 0.255 e. The summed E-state index contributed by atoms with van der Waals surface area (Å²) in [5, 5.41) is 2.32. The van der Waals surface area contributed by atoms with Crippen LogP contribution in [0.15, 0.2) is 65.6 Å². The van der Waals surface area contributed by atoms with Gasteiger partial charge in [-0.1, -0.05) is 36.4 Å². The number of rotatable bonds is 1. The van der Waals surface area contributed by atoms with E-state index >= 15 is 0 Å². The molecule has 4 rings (SSSR count). The molecule has 20 heavy (non-hydrogen) atoms. The number of para-hydroxylation sites is 2. The topological polar surface area (TPSA) is 48.6 Å². The molecule has 2 aromatic carbocycles. The van der Waals surface area contributed by atoms with Crippen LogP contribution < -0.4 is 5.56 Å². The van der Waals surface area contributed by atoms with Crippen LogP contribution in [0.5, 0.6) is 0 Å². The minimum atomic E-state index is -0.0707. The fourth-order valence-electron chi connectivity index (χ4n) is 2.73. The Morgan fingerprint density at radius 1 is 0.750 bits per heavy atom. The van der Waals surface area contributed by atoms with Crippen molar-refractivity contribution in [2.75, 3.05) is 0 Å². The van der Waals surface area contributed by atoms with E-state index in [0.717, 1.165) is 22.0 Å². The molecule has 0 aliphatic carbocycles. The van der Waals surface area contributed by atoms with Gasteiger partial charge < -0.3 is 9.97 Å². The van der Waals surface area contributed by atoms with E-state index in [2.05, 4.69) is 22.1 Å². The first-order valence-electron chi connectivity index (χ1n) is 6.52. The molecule has 0 spiro atoms. The Hall–Kier alpha value is -2.81. The largest absolute Gasteiger partial charge is 0.354 e. The van der Waals surface area contributed by atoms with Crippen molar-refractivity contribution in [3.8, 4) is 11.1 Å². The van der Waals surface area contributed by atoms with Gasteiger partial charge in [0.2, 0.25) is 0 Å². The molecule has 2 N–H and O–H groups in total. The summed E-state index contributed by atoms with van der Waals surface area (Å²) in [6.07, 6.45) is 1.65. The molecule has 3 nitrogen and oxygen atoms in total. The minimum absolute atomic E-state index is 0.0707. The van der Waals surface area contributed by atoms with Gasteiger partial charge in [0.15, 0.2) is 0 Å². The maximum atomic E-state index is 12.0. The summed E-state index contributed by atoms with van der Waals surface area (Å²) in [6.45, 7) is 0. The van der Waals surface area contributed by atoms with E-state index in [1.165, 1.54) is 5.39 Å². The highest BCUT2D eigenvalue weighted by Crippen LogP contribution is 2.31. The summed E-state index contributed by atoms with van der Waals surface area (Å²) >= 11 is 0. The second-order valence-electron chi connectivity index (χ2n) is 4.81. The van der Waals surface area contributed by atoms with Crippen molar-refractivity contribution in [1.82, 2.24) is 9.97 Å². The first-order valence-corrected chi connectivity index (χ1v) is 6.52. The molecule has 0 radical (unpaired) electrons. The van der Waals surface area contributed by atoms with Crippen LogP contribution in [-0.4, -0.2) is 9.97 Å². The fraction of sp³-hybridized carbons (Fsp3) is 0. The third kappa shape index (κ3) is 1.50. The zero-order valence-electron chi connectivity index (χ0n) is 10.7. The van der Waals surface area contributed by atoms with Crippen molar-refractivity contribution in [1.29, 1.82) is 0 Å². The summed E-state index contributed by atoms with van der Waals surface area (Å²) in [5.41, 5.74) is 3.64. The van der Waals surface area contributed by atoms with E-state index in [1.54, 1.807) is 6.20 Å². The van der Waals surface area contributed by atoms with Crippen LogP contribution in [0.1, 0.15) is 0 Å². The number of nitrogens with one attached hydrogen (secondary N) is 2. The lowest BCUT2D eigenvalue weighted by Gasteiger charge is -2.02. The summed E-state index contributed by atoms with van der Waals surface area (Å²) < 4.78 is 0. The average Bonchev–Trinajstić information content (AvgIpc) is 2.86. The molecule has 0 bridgehead atoms. The van der Waals surface area contributed by atoms with E-state index < -0.39 is 0 Å². The SMILES string of the molecule is O=c1[nH]cccc1-c1cccc2c1[nH]c1ccccc12. The molecule has 0 aliphatic rings. The molecule has 3 heteroatoms. The molecule has 0 unspecified atom stereocenters. The molecular weight excluding hydrogens is 248 g/mol. The van der Waals surface area contributed by atoms with Gasteiger partial charge in [-0.3, -0.25) is 4.79 Å². The van der Waals surface area contributed by atoms with E-state index in [4.69, 9.17) is 0 Å². The number of aromatic nitrogens is 2. The van der Waals surface area contributed by atoms with Crippen molar-refractivity contribution < 1.29 is 0 Å². The maximum absolute atomic E-state index is 12.0. The Bertz CT molecular complexity index is 979. The summed E-state index contributed by atoms with van der Waals surface area (Å²) in [7, 11) is 0. The van der Waals surface area contributed by atoms with Gasteiger partial charge in [0.05, 0.1) is 5.52 Å². The summed E-state index contributed by atoms with van der Waals surface area (Å²) in [5.74, 6) is 0. The predicted molar refractivity (Wildman–Crippen MR) is 81.9 cm³/mol. The highest BCUT2D eigenvalue weighted by Gasteiger charge is 2.10. The number of fused-ring (bicyclic) bond motifs is 3. The minimum Gasteiger partial charge on any atom is -0.354 e. The van der Waals surface area contributed by atoms with Gasteiger partial charge in [0, 0.05) is 33.6 Å². The van der Waals surface area contributed by atoms with E-state index in [-0.39, 0.29) is 5.56 Å². The molecule has 96 valence electrons. The quantitative estimate of drug-likeness (QED) is 0.539. The van der Waals surface area contributed by atoms with Crippen LogP contribution >= 0.6 is 0 Å². The molecule has 0 saturated heterocycles. The Morgan fingerprint density at radius 2 is 1.55 bits per heavy atom. The Morgan fingerprint density at radius 3 is 2.45 bits per heavy atom. The molecule has 0 fully saturated rings. The van der Waals surface area contributed by atoms with Crippen molar-refractivity contribution in [3.63, 3.8) is 0 Å². The van der Waals surface area contributed by atoms with Gasteiger partial charge in [-0.2, -0.15) is 0 Å². The highest BCUT2D eigenvalue weighted by molar-refractivity contribution is 6.11. The van der Waals surface area contributed by atoms with Gasteiger partial charge in [-0.05, 0) is 18.2 Å². The predicted octanol–water partition coefficient (Wildman–Crippen LogP) is 3.68. The molecule has 2 aromatic heterocycles. The molecule has 4 aromatic rings. The molecule has 0 aliphatic heterocycles. The van der Waals surface area contributed by atoms with Crippen molar-refractivity contribution >= 4 is 21.8 Å². The molecule has 2 heterocycles. The number of hydrogen-bond acceptors (Lipinski definition) is 1. The fourth-order valence-corrected chi connectivity index (χ4v) is 2.73. The van der Waals surface area contributed by atoms with Gasteiger partial charge in [-0.25, -0.2) is 0 Å². The number of hydrogen-bond donors (Lipinski definition) is 2. The number of H-pyrrole nitrogens is 2. The lowest BCUT2D eigenvalue weighted by atomic mass is 10.0. The van der Waals surface area contributed by atoms with Gasteiger partial charge in [0.25, 0.3) is 5.56 Å². The Kier molecular flexibility index (Phi) is 2.27. The number of benzene rings is 2. The number of aromatic amines is 2.